The Balaban J connectivity index is 2.29. The van der Waals surface area contributed by atoms with Crippen LogP contribution in [0, 0.1) is 10.1 Å². The fourth-order valence-corrected chi connectivity index (χ4v) is 2.18. The summed E-state index contributed by atoms with van der Waals surface area (Å²) in [6, 6.07) is 2.79. The zero-order chi connectivity index (χ0) is 16.5. The third-order valence-corrected chi connectivity index (χ3v) is 3.40. The van der Waals surface area contributed by atoms with E-state index in [1.807, 2.05) is 0 Å². The van der Waals surface area contributed by atoms with E-state index in [0.29, 0.717) is 0 Å². The predicted octanol–water partition coefficient (Wildman–Crippen LogP) is 2.16. The number of rotatable bonds is 3. The highest BCUT2D eigenvalue weighted by molar-refractivity contribution is 5.98. The highest BCUT2D eigenvalue weighted by Crippen LogP contribution is 2.29. The summed E-state index contributed by atoms with van der Waals surface area (Å²) in [5.74, 6) is -4.93. The maximum Gasteiger partial charge on any atom is 0.335 e. The number of hydrogen-bond acceptors (Lipinski definition) is 4. The summed E-state index contributed by atoms with van der Waals surface area (Å²) >= 11 is 0. The Hall–Kier alpha value is -2.58. The van der Waals surface area contributed by atoms with Crippen LogP contribution in [0.4, 0.5) is 14.5 Å². The van der Waals surface area contributed by atoms with Crippen LogP contribution in [0.25, 0.3) is 0 Å². The normalized spacial score (nSPS) is 17.1. The fraction of sp³-hybridized carbons (Fsp3) is 0.385. The molecule has 0 bridgehead atoms. The van der Waals surface area contributed by atoms with Crippen molar-refractivity contribution in [2.75, 3.05) is 13.1 Å². The van der Waals surface area contributed by atoms with Crippen LogP contribution in [-0.2, 0) is 0 Å². The Morgan fingerprint density at radius 2 is 1.73 bits per heavy atom. The first-order chi connectivity index (χ1) is 10.2. The standard InChI is InChI=1S/C13H12F2N2O5/c14-13(15)1-3-16(4-2-13)11(18)8-5-9(12(19)20)7-10(6-8)17(21)22/h5-7H,1-4H2,(H,19,20). The number of carboxylic acids is 1. The van der Waals surface area contributed by atoms with E-state index in [1.165, 1.54) is 0 Å². The number of likely N-dealkylation sites (tertiary alicyclic amines) is 1. The van der Waals surface area contributed by atoms with Crippen molar-refractivity contribution in [2.24, 2.45) is 0 Å². The van der Waals surface area contributed by atoms with E-state index in [4.69, 9.17) is 5.11 Å². The summed E-state index contributed by atoms with van der Waals surface area (Å²) in [7, 11) is 0. The lowest BCUT2D eigenvalue weighted by Crippen LogP contribution is -2.42. The fourth-order valence-electron chi connectivity index (χ4n) is 2.18. The summed E-state index contributed by atoms with van der Waals surface area (Å²) in [6.07, 6.45) is -0.973. The number of nitro benzene ring substituents is 1. The van der Waals surface area contributed by atoms with Gasteiger partial charge < -0.3 is 10.0 Å². The number of piperidine rings is 1. The van der Waals surface area contributed by atoms with Gasteiger partial charge in [-0.25, -0.2) is 13.6 Å². The van der Waals surface area contributed by atoms with Crippen LogP contribution in [0.3, 0.4) is 0 Å². The molecule has 0 aromatic heterocycles. The van der Waals surface area contributed by atoms with Gasteiger partial charge in [0.15, 0.2) is 0 Å². The number of amides is 1. The average molecular weight is 314 g/mol. The molecule has 1 heterocycles. The molecule has 7 nitrogen and oxygen atoms in total. The number of carboxylic acid groups (broad SMARTS) is 1. The number of nitrogens with zero attached hydrogens (tertiary/aromatic N) is 2. The molecule has 118 valence electrons. The van der Waals surface area contributed by atoms with Crippen molar-refractivity contribution in [3.05, 3.63) is 39.4 Å². The summed E-state index contributed by atoms with van der Waals surface area (Å²) in [4.78, 5) is 34.3. The highest BCUT2D eigenvalue weighted by atomic mass is 19.3. The highest BCUT2D eigenvalue weighted by Gasteiger charge is 2.36. The molecule has 9 heteroatoms. The largest absolute Gasteiger partial charge is 0.478 e. The average Bonchev–Trinajstić information content (AvgIpc) is 2.46. The first-order valence-electron chi connectivity index (χ1n) is 6.39. The van der Waals surface area contributed by atoms with Gasteiger partial charge in [0.1, 0.15) is 0 Å². The van der Waals surface area contributed by atoms with Crippen molar-refractivity contribution in [3.63, 3.8) is 0 Å². The quantitative estimate of drug-likeness (QED) is 0.680. The maximum atomic E-state index is 13.1. The summed E-state index contributed by atoms with van der Waals surface area (Å²) in [5, 5.41) is 19.7. The van der Waals surface area contributed by atoms with E-state index in [-0.39, 0.29) is 18.7 Å². The molecule has 1 saturated heterocycles. The second-order valence-electron chi connectivity index (χ2n) is 4.98. The van der Waals surface area contributed by atoms with Gasteiger partial charge in [-0.1, -0.05) is 0 Å². The van der Waals surface area contributed by atoms with Crippen molar-refractivity contribution < 1.29 is 28.4 Å². The number of carbonyl (C=O) groups is 2. The second-order valence-corrected chi connectivity index (χ2v) is 4.98. The van der Waals surface area contributed by atoms with Crippen LogP contribution in [0.1, 0.15) is 33.6 Å². The van der Waals surface area contributed by atoms with Gasteiger partial charge >= 0.3 is 5.97 Å². The molecule has 1 fully saturated rings. The Kier molecular flexibility index (Phi) is 4.07. The molecule has 2 rings (SSSR count). The van der Waals surface area contributed by atoms with E-state index in [2.05, 4.69) is 0 Å². The third kappa shape index (κ3) is 3.35. The van der Waals surface area contributed by atoms with Crippen molar-refractivity contribution in [1.82, 2.24) is 4.90 Å². The summed E-state index contributed by atoms with van der Waals surface area (Å²) in [6.45, 7) is -0.367. The number of halogens is 2. The Labute approximate surface area is 123 Å². The minimum absolute atomic E-state index is 0.184. The van der Waals surface area contributed by atoms with Crippen LogP contribution in [-0.4, -0.2) is 45.8 Å². The Bertz CT molecular complexity index is 605. The van der Waals surface area contributed by atoms with Gasteiger partial charge in [0.2, 0.25) is 0 Å². The minimum atomic E-state index is -2.83. The molecule has 0 atom stereocenters. The van der Waals surface area contributed by atoms with E-state index >= 15 is 0 Å². The molecule has 0 unspecified atom stereocenters. The lowest BCUT2D eigenvalue weighted by Gasteiger charge is -2.31. The molecule has 0 radical (unpaired) electrons. The van der Waals surface area contributed by atoms with Crippen LogP contribution in [0.2, 0.25) is 0 Å². The van der Waals surface area contributed by atoms with Crippen LogP contribution in [0.15, 0.2) is 18.2 Å². The van der Waals surface area contributed by atoms with Crippen LogP contribution in [0.5, 0.6) is 0 Å². The minimum Gasteiger partial charge on any atom is -0.478 e. The van der Waals surface area contributed by atoms with Gasteiger partial charge in [-0.2, -0.15) is 0 Å². The molecule has 22 heavy (non-hydrogen) atoms. The number of alkyl halides is 2. The zero-order valence-electron chi connectivity index (χ0n) is 11.3. The van der Waals surface area contributed by atoms with Gasteiger partial charge in [0.05, 0.1) is 10.5 Å². The van der Waals surface area contributed by atoms with Crippen molar-refractivity contribution in [1.29, 1.82) is 0 Å². The molecule has 1 aromatic carbocycles. The topological polar surface area (TPSA) is 101 Å². The molecule has 0 aliphatic carbocycles. The lowest BCUT2D eigenvalue weighted by atomic mass is 10.0. The monoisotopic (exact) mass is 314 g/mol. The molecule has 1 amide bonds. The molecule has 1 aliphatic rings. The van der Waals surface area contributed by atoms with Crippen LogP contribution < -0.4 is 0 Å². The lowest BCUT2D eigenvalue weighted by molar-refractivity contribution is -0.384. The van der Waals surface area contributed by atoms with E-state index in [0.717, 1.165) is 23.1 Å². The molecule has 1 N–H and O–H groups in total. The number of carbonyl (C=O) groups excluding carboxylic acids is 1. The molecule has 1 aromatic rings. The number of aromatic carboxylic acids is 1. The maximum absolute atomic E-state index is 13.1. The van der Waals surface area contributed by atoms with Crippen molar-refractivity contribution in [3.8, 4) is 0 Å². The number of non-ortho nitro benzene ring substituents is 1. The number of nitro groups is 1. The first-order valence-corrected chi connectivity index (χ1v) is 6.39. The van der Waals surface area contributed by atoms with Crippen molar-refractivity contribution >= 4 is 17.6 Å². The third-order valence-electron chi connectivity index (χ3n) is 3.40. The van der Waals surface area contributed by atoms with Crippen LogP contribution >= 0.6 is 0 Å². The first kappa shape index (κ1) is 15.8. The van der Waals surface area contributed by atoms with E-state index in [9.17, 15) is 28.5 Å². The second kappa shape index (κ2) is 5.66. The Morgan fingerprint density at radius 3 is 2.23 bits per heavy atom. The molecule has 0 spiro atoms. The Morgan fingerprint density at radius 1 is 1.18 bits per heavy atom. The van der Waals surface area contributed by atoms with Gasteiger partial charge in [0, 0.05) is 43.6 Å². The van der Waals surface area contributed by atoms with Gasteiger partial charge in [-0.3, -0.25) is 14.9 Å². The van der Waals surface area contributed by atoms with Gasteiger partial charge in [0.25, 0.3) is 17.5 Å². The molecular formula is C13H12F2N2O5. The summed E-state index contributed by atoms with van der Waals surface area (Å²) in [5.41, 5.74) is -1.14. The van der Waals surface area contributed by atoms with E-state index < -0.39 is 46.8 Å². The number of benzene rings is 1. The molecular weight excluding hydrogens is 302 g/mol. The predicted molar refractivity (Wildman–Crippen MR) is 70.1 cm³/mol. The van der Waals surface area contributed by atoms with Gasteiger partial charge in [-0.15, -0.1) is 0 Å². The SMILES string of the molecule is O=C(O)c1cc(C(=O)N2CCC(F)(F)CC2)cc([N+](=O)[O-])c1. The summed E-state index contributed by atoms with van der Waals surface area (Å²) < 4.78 is 26.2. The van der Waals surface area contributed by atoms with E-state index in [1.54, 1.807) is 0 Å². The zero-order valence-corrected chi connectivity index (χ0v) is 11.3. The van der Waals surface area contributed by atoms with Crippen molar-refractivity contribution in [2.45, 2.75) is 18.8 Å². The smallest absolute Gasteiger partial charge is 0.335 e. The molecule has 0 saturated carbocycles. The number of hydrogen-bond donors (Lipinski definition) is 1. The van der Waals surface area contributed by atoms with Gasteiger partial charge in [-0.05, 0) is 6.07 Å². The molecule has 1 aliphatic heterocycles.